The van der Waals surface area contributed by atoms with Crippen molar-refractivity contribution in [1.82, 2.24) is 15.3 Å². The molecule has 0 radical (unpaired) electrons. The van der Waals surface area contributed by atoms with E-state index in [0.717, 1.165) is 5.56 Å². The lowest BCUT2D eigenvalue weighted by Gasteiger charge is -2.16. The van der Waals surface area contributed by atoms with Gasteiger partial charge in [0.15, 0.2) is 0 Å². The number of aromatic nitrogens is 2. The normalized spacial score (nSPS) is 11.6. The van der Waals surface area contributed by atoms with Gasteiger partial charge in [0.2, 0.25) is 5.91 Å². The molecule has 0 bridgehead atoms. The second-order valence-corrected chi connectivity index (χ2v) is 6.25. The molecule has 0 aliphatic carbocycles. The van der Waals surface area contributed by atoms with Crippen molar-refractivity contribution in [3.8, 4) is 6.07 Å². The summed E-state index contributed by atoms with van der Waals surface area (Å²) in [5, 5.41) is 12.2. The van der Waals surface area contributed by atoms with Gasteiger partial charge in [-0.3, -0.25) is 4.79 Å². The molecule has 0 aliphatic heterocycles. The van der Waals surface area contributed by atoms with Crippen LogP contribution in [0.1, 0.15) is 22.6 Å². The summed E-state index contributed by atoms with van der Waals surface area (Å²) in [6, 6.07) is 11.9. The van der Waals surface area contributed by atoms with Crippen molar-refractivity contribution in [2.24, 2.45) is 0 Å². The standard InChI is InChI=1S/C17H18N4OS/c1-11-14(10-18)17(21-12(2)20-11)23-15(16(22)19-3)9-13-7-5-4-6-8-13/h4-8,15H,9H2,1-3H3,(H,19,22). The summed E-state index contributed by atoms with van der Waals surface area (Å²) in [6.45, 7) is 3.56. The minimum Gasteiger partial charge on any atom is -0.358 e. The van der Waals surface area contributed by atoms with Crippen molar-refractivity contribution in [2.45, 2.75) is 30.5 Å². The van der Waals surface area contributed by atoms with Gasteiger partial charge in [0.05, 0.1) is 10.9 Å². The van der Waals surface area contributed by atoms with Crippen LogP contribution in [0.4, 0.5) is 0 Å². The average Bonchev–Trinajstić information content (AvgIpc) is 2.54. The maximum Gasteiger partial charge on any atom is 0.233 e. The molecule has 0 aliphatic rings. The lowest BCUT2D eigenvalue weighted by atomic mass is 10.1. The van der Waals surface area contributed by atoms with Crippen molar-refractivity contribution in [3.05, 3.63) is 53.0 Å². The lowest BCUT2D eigenvalue weighted by molar-refractivity contribution is -0.120. The molecule has 5 nitrogen and oxygen atoms in total. The largest absolute Gasteiger partial charge is 0.358 e. The summed E-state index contributed by atoms with van der Waals surface area (Å²) in [5.74, 6) is 0.510. The zero-order valence-corrected chi connectivity index (χ0v) is 14.1. The SMILES string of the molecule is CNC(=O)C(Cc1ccccc1)Sc1nc(C)nc(C)c1C#N. The van der Waals surface area contributed by atoms with Crippen molar-refractivity contribution in [1.29, 1.82) is 5.26 Å². The van der Waals surface area contributed by atoms with Crippen LogP contribution in [0.5, 0.6) is 0 Å². The van der Waals surface area contributed by atoms with E-state index >= 15 is 0 Å². The molecule has 23 heavy (non-hydrogen) atoms. The predicted octanol–water partition coefficient (Wildman–Crippen LogP) is 2.41. The Balaban J connectivity index is 2.32. The second-order valence-electron chi connectivity index (χ2n) is 5.06. The Hall–Kier alpha value is -2.39. The van der Waals surface area contributed by atoms with Crippen molar-refractivity contribution >= 4 is 17.7 Å². The number of nitrogens with zero attached hydrogens (tertiary/aromatic N) is 3. The summed E-state index contributed by atoms with van der Waals surface area (Å²) in [7, 11) is 1.61. The number of nitriles is 1. The number of nitrogens with one attached hydrogen (secondary N) is 1. The van der Waals surface area contributed by atoms with Gasteiger partial charge in [-0.2, -0.15) is 5.26 Å². The number of rotatable bonds is 5. The Kier molecular flexibility index (Phi) is 5.72. The third-order valence-electron chi connectivity index (χ3n) is 3.34. The van der Waals surface area contributed by atoms with Gasteiger partial charge in [-0.05, 0) is 25.8 Å². The molecule has 0 spiro atoms. The van der Waals surface area contributed by atoms with E-state index in [1.165, 1.54) is 11.8 Å². The number of aryl methyl sites for hydroxylation is 2. The van der Waals surface area contributed by atoms with Gasteiger partial charge in [-0.25, -0.2) is 9.97 Å². The van der Waals surface area contributed by atoms with E-state index in [9.17, 15) is 10.1 Å². The molecule has 2 rings (SSSR count). The molecule has 1 N–H and O–H groups in total. The molecular weight excluding hydrogens is 308 g/mol. The van der Waals surface area contributed by atoms with E-state index in [1.807, 2.05) is 30.3 Å². The molecule has 6 heteroatoms. The number of thioether (sulfide) groups is 1. The lowest BCUT2D eigenvalue weighted by Crippen LogP contribution is -2.31. The Labute approximate surface area is 140 Å². The predicted molar refractivity (Wildman–Crippen MR) is 90.1 cm³/mol. The van der Waals surface area contributed by atoms with Crippen LogP contribution in [0.25, 0.3) is 0 Å². The van der Waals surface area contributed by atoms with Crippen molar-refractivity contribution < 1.29 is 4.79 Å². The number of carbonyl (C=O) groups excluding carboxylic acids is 1. The number of benzene rings is 1. The molecule has 118 valence electrons. The summed E-state index contributed by atoms with van der Waals surface area (Å²) in [6.07, 6.45) is 0.568. The van der Waals surface area contributed by atoms with Crippen molar-refractivity contribution in [2.75, 3.05) is 7.05 Å². The van der Waals surface area contributed by atoms with E-state index in [-0.39, 0.29) is 11.2 Å². The van der Waals surface area contributed by atoms with Crippen LogP contribution >= 0.6 is 11.8 Å². The zero-order valence-electron chi connectivity index (χ0n) is 13.3. The molecule has 1 aromatic heterocycles. The first-order chi connectivity index (χ1) is 11.0. The molecular formula is C17H18N4OS. The van der Waals surface area contributed by atoms with Gasteiger partial charge in [0.1, 0.15) is 22.5 Å². The monoisotopic (exact) mass is 326 g/mol. The summed E-state index contributed by atoms with van der Waals surface area (Å²) >= 11 is 1.31. The molecule has 2 aromatic rings. The third-order valence-corrected chi connectivity index (χ3v) is 4.52. The molecule has 1 heterocycles. The summed E-state index contributed by atoms with van der Waals surface area (Å²) in [5.41, 5.74) is 2.13. The first kappa shape index (κ1) is 17.0. The number of hydrogen-bond acceptors (Lipinski definition) is 5. The maximum absolute atomic E-state index is 12.2. The highest BCUT2D eigenvalue weighted by atomic mass is 32.2. The summed E-state index contributed by atoms with van der Waals surface area (Å²) in [4.78, 5) is 20.8. The fraction of sp³-hybridized carbons (Fsp3) is 0.294. The van der Waals surface area contributed by atoms with E-state index in [2.05, 4.69) is 21.4 Å². The van der Waals surface area contributed by atoms with Gasteiger partial charge in [0.25, 0.3) is 0 Å². The van der Waals surface area contributed by atoms with Crippen LogP contribution in [-0.2, 0) is 11.2 Å². The molecule has 1 unspecified atom stereocenters. The van der Waals surface area contributed by atoms with Crippen LogP contribution in [-0.4, -0.2) is 28.2 Å². The Morgan fingerprint density at radius 1 is 1.30 bits per heavy atom. The molecule has 0 saturated carbocycles. The van der Waals surface area contributed by atoms with E-state index < -0.39 is 0 Å². The van der Waals surface area contributed by atoms with Gasteiger partial charge in [0, 0.05) is 7.05 Å². The molecule has 1 aromatic carbocycles. The first-order valence-electron chi connectivity index (χ1n) is 7.22. The molecule has 1 amide bonds. The van der Waals surface area contributed by atoms with E-state index in [0.29, 0.717) is 28.5 Å². The van der Waals surface area contributed by atoms with Crippen molar-refractivity contribution in [3.63, 3.8) is 0 Å². The highest BCUT2D eigenvalue weighted by molar-refractivity contribution is 8.00. The van der Waals surface area contributed by atoms with Crippen LogP contribution < -0.4 is 5.32 Å². The van der Waals surface area contributed by atoms with Gasteiger partial charge in [-0.15, -0.1) is 0 Å². The highest BCUT2D eigenvalue weighted by Gasteiger charge is 2.23. The average molecular weight is 326 g/mol. The van der Waals surface area contributed by atoms with Gasteiger partial charge in [-0.1, -0.05) is 42.1 Å². The highest BCUT2D eigenvalue weighted by Crippen LogP contribution is 2.28. The van der Waals surface area contributed by atoms with E-state index in [4.69, 9.17) is 0 Å². The zero-order chi connectivity index (χ0) is 16.8. The van der Waals surface area contributed by atoms with Crippen LogP contribution in [0.2, 0.25) is 0 Å². The number of hydrogen-bond donors (Lipinski definition) is 1. The fourth-order valence-electron chi connectivity index (χ4n) is 2.21. The molecule has 0 saturated heterocycles. The van der Waals surface area contributed by atoms with Crippen LogP contribution in [0.3, 0.4) is 0 Å². The Morgan fingerprint density at radius 3 is 2.61 bits per heavy atom. The summed E-state index contributed by atoms with van der Waals surface area (Å²) < 4.78 is 0. The quantitative estimate of drug-likeness (QED) is 0.674. The maximum atomic E-state index is 12.2. The topological polar surface area (TPSA) is 78.7 Å². The third kappa shape index (κ3) is 4.30. The smallest absolute Gasteiger partial charge is 0.233 e. The first-order valence-corrected chi connectivity index (χ1v) is 8.10. The molecule has 1 atom stereocenters. The number of amides is 1. The minimum absolute atomic E-state index is 0.0864. The number of carbonyl (C=O) groups is 1. The second kappa shape index (κ2) is 7.75. The minimum atomic E-state index is -0.358. The fourth-order valence-corrected chi connectivity index (χ4v) is 3.47. The Bertz CT molecular complexity index is 740. The van der Waals surface area contributed by atoms with E-state index in [1.54, 1.807) is 20.9 Å². The van der Waals surface area contributed by atoms with Crippen LogP contribution in [0, 0.1) is 25.2 Å². The van der Waals surface area contributed by atoms with Gasteiger partial charge < -0.3 is 5.32 Å². The van der Waals surface area contributed by atoms with Crippen LogP contribution in [0.15, 0.2) is 35.4 Å². The van der Waals surface area contributed by atoms with Gasteiger partial charge >= 0.3 is 0 Å². The Morgan fingerprint density at radius 2 is 2.00 bits per heavy atom. The molecule has 0 fully saturated rings.